The minimum absolute atomic E-state index is 0. The topological polar surface area (TPSA) is 322 Å². The molecule has 36 heteroatoms. The molecule has 6 aliphatic heterocycles. The molecule has 2 amide bonds. The monoisotopic (exact) mass is 2220 g/mol. The molecule has 5 aromatic carbocycles. The van der Waals surface area contributed by atoms with Crippen LogP contribution < -0.4 is 70.0 Å². The van der Waals surface area contributed by atoms with Crippen molar-refractivity contribution in [1.82, 2.24) is 78.0 Å². The molecule has 16 heterocycles. The van der Waals surface area contributed by atoms with Crippen LogP contribution in [0.25, 0.3) is 55.8 Å². The number of nitrogens with zero attached hydrogens (tertiary/aromatic N) is 21. The minimum Gasteiger partial charge on any atom is -0.870 e. The van der Waals surface area contributed by atoms with Crippen LogP contribution in [0.5, 0.6) is 0 Å². The maximum absolute atomic E-state index is 12.3. The maximum atomic E-state index is 12.3. The van der Waals surface area contributed by atoms with Crippen LogP contribution in [-0.4, -0.2) is 212 Å². The van der Waals surface area contributed by atoms with Crippen molar-refractivity contribution in [3.8, 4) is 0 Å². The van der Waals surface area contributed by atoms with Crippen molar-refractivity contribution in [2.75, 3.05) is 134 Å². The molecule has 0 saturated carbocycles. The fourth-order valence-corrected chi connectivity index (χ4v) is 18.9. The number of likely N-dealkylation sites (N-methyl/N-ethyl adjacent to an activating group) is 1. The van der Waals surface area contributed by atoms with Crippen LogP contribution in [0.1, 0.15) is 185 Å². The van der Waals surface area contributed by atoms with Gasteiger partial charge in [-0.1, -0.05) is 194 Å². The molecule has 0 bridgehead atoms. The van der Waals surface area contributed by atoms with E-state index in [1.165, 1.54) is 156 Å². The SMILES string of the molecule is Brc1cnc2nc(N3CCCCC3)n(Cc3ccccc3)c2c1.C.C.C.C1CCNCC1.C=CC(=O)N(C)c1cnc2nc(N3CCCCC3)n(Cc3ccccc3)c2c1.CCc1cnc2nc(N3CCCCC3)n(Cc3ccccc3)c2c1.CN.CN(C(=O)CCCl)c1cnc2nc(N3CCCCC3)n(Cc3ccccc3)c2c1.Clc1nc2ncc(Br)cc2n1Cc1ccccc1.O=C(Cl)CCCl.OC1CCCO1.[Na+].[OH-]. The Kier molecular flexibility index (Phi) is 53.3. The van der Waals surface area contributed by atoms with Crippen LogP contribution in [0.2, 0.25) is 5.28 Å². The summed E-state index contributed by atoms with van der Waals surface area (Å²) >= 11 is 28.8. The number of carbonyl (C=O) groups is 3. The van der Waals surface area contributed by atoms with E-state index >= 15 is 0 Å². The van der Waals surface area contributed by atoms with Crippen molar-refractivity contribution in [3.63, 3.8) is 0 Å². The summed E-state index contributed by atoms with van der Waals surface area (Å²) in [5.41, 5.74) is 22.3. The number of hydrogen-bond acceptors (Lipinski definition) is 22. The second-order valence-corrected chi connectivity index (χ2v) is 38.6. The third-order valence-electron chi connectivity index (χ3n) is 25.1. The number of fused-ring (bicyclic) bond motifs is 5. The second-order valence-electron chi connectivity index (χ2n) is 35.2. The molecule has 782 valence electrons. The zero-order valence-corrected chi connectivity index (χ0v) is 91.4. The predicted molar refractivity (Wildman–Crippen MR) is 608 cm³/mol. The first-order valence-corrected chi connectivity index (χ1v) is 52.8. The Labute approximate surface area is 925 Å². The first kappa shape index (κ1) is 122. The Morgan fingerprint density at radius 3 is 1.03 bits per heavy atom. The number of nitrogens with two attached hydrogens (primary N) is 1. The van der Waals surface area contributed by atoms with Gasteiger partial charge in [0.25, 0.3) is 0 Å². The van der Waals surface area contributed by atoms with Gasteiger partial charge in [-0.3, -0.25) is 14.4 Å². The fourth-order valence-electron chi connectivity index (χ4n) is 17.5. The van der Waals surface area contributed by atoms with Gasteiger partial charge in [-0.25, -0.2) is 24.9 Å². The molecule has 1 unspecified atom stereocenters. The van der Waals surface area contributed by atoms with Crippen molar-refractivity contribution in [2.24, 2.45) is 5.73 Å². The van der Waals surface area contributed by atoms with Crippen molar-refractivity contribution in [3.05, 3.63) is 273 Å². The zero-order chi connectivity index (χ0) is 99.9. The van der Waals surface area contributed by atoms with Crippen LogP contribution >= 0.6 is 78.3 Å². The number of carbonyl (C=O) groups excluding carboxylic acids is 3. The number of halogens is 6. The third-order valence-corrected chi connectivity index (χ3v) is 26.8. The summed E-state index contributed by atoms with van der Waals surface area (Å²) in [5, 5.41) is 11.9. The quantitative estimate of drug-likeness (QED) is 0.0246. The van der Waals surface area contributed by atoms with Gasteiger partial charge in [-0.05, 0) is 248 Å². The number of pyridine rings is 5. The molecule has 6 aliphatic rings. The number of hydrogen-bond donors (Lipinski definition) is 3. The van der Waals surface area contributed by atoms with Crippen LogP contribution in [0.4, 0.5) is 35.2 Å². The molecule has 10 aromatic heterocycles. The predicted octanol–water partition coefficient (Wildman–Crippen LogP) is 20.4. The van der Waals surface area contributed by atoms with Gasteiger partial charge in [0.2, 0.25) is 46.1 Å². The maximum Gasteiger partial charge on any atom is 1.00 e. The Morgan fingerprint density at radius 1 is 0.435 bits per heavy atom. The molecule has 147 heavy (non-hydrogen) atoms. The number of benzene rings is 5. The first-order valence-electron chi connectivity index (χ1n) is 49.4. The van der Waals surface area contributed by atoms with E-state index in [1.807, 2.05) is 65.5 Å². The number of aliphatic hydroxyl groups excluding tert-OH is 1. The smallest absolute Gasteiger partial charge is 0.870 e. The van der Waals surface area contributed by atoms with Gasteiger partial charge >= 0.3 is 29.6 Å². The number of anilines is 6. The Balaban J connectivity index is 0.000000213. The first-order chi connectivity index (χ1) is 69.4. The molecule has 29 nitrogen and oxygen atoms in total. The van der Waals surface area contributed by atoms with E-state index in [2.05, 4.69) is 258 Å². The second kappa shape index (κ2) is 64.3. The Bertz CT molecular complexity index is 6430. The van der Waals surface area contributed by atoms with E-state index in [-0.39, 0.29) is 80.8 Å². The van der Waals surface area contributed by atoms with Gasteiger partial charge in [-0.2, -0.15) is 24.9 Å². The van der Waals surface area contributed by atoms with Gasteiger partial charge in [0.1, 0.15) is 0 Å². The van der Waals surface area contributed by atoms with Crippen LogP contribution in [0.3, 0.4) is 0 Å². The van der Waals surface area contributed by atoms with Gasteiger partial charge in [0.15, 0.2) is 34.5 Å². The molecule has 0 radical (unpaired) electrons. The van der Waals surface area contributed by atoms with E-state index < -0.39 is 6.29 Å². The summed E-state index contributed by atoms with van der Waals surface area (Å²) in [6.07, 6.45) is 32.3. The number of piperidine rings is 5. The summed E-state index contributed by atoms with van der Waals surface area (Å²) in [4.78, 5) is 92.9. The number of aliphatic hydroxyl groups is 1. The number of imidazole rings is 5. The van der Waals surface area contributed by atoms with Crippen molar-refractivity contribution >= 4 is 186 Å². The molecule has 5 N–H and O–H groups in total. The molecular weight excluding hydrogens is 2080 g/mol. The van der Waals surface area contributed by atoms with Crippen molar-refractivity contribution < 1.29 is 59.3 Å². The summed E-state index contributed by atoms with van der Waals surface area (Å²) in [6, 6.07) is 62.4. The van der Waals surface area contributed by atoms with E-state index in [1.54, 1.807) is 42.5 Å². The van der Waals surface area contributed by atoms with E-state index in [9.17, 15) is 14.4 Å². The molecule has 6 fully saturated rings. The molecular formula is C111H144Br2Cl4N23NaO6. The number of aryl methyl sites for hydroxylation is 1. The number of nitrogens with one attached hydrogen (secondary N) is 1. The fraction of sp³-hybridized carbons (Fsp3) is 0.414. The van der Waals surface area contributed by atoms with Crippen molar-refractivity contribution in [2.45, 2.75) is 197 Å². The third kappa shape index (κ3) is 35.4. The Hall–Kier alpha value is -10.3. The number of ether oxygens (including phenoxy) is 1. The van der Waals surface area contributed by atoms with E-state index in [0.29, 0.717) is 60.0 Å². The van der Waals surface area contributed by atoms with Gasteiger partial charge in [0, 0.05) is 132 Å². The van der Waals surface area contributed by atoms with Crippen LogP contribution in [0.15, 0.2) is 235 Å². The average Bonchev–Trinajstić information content (AvgIpc) is 1.63. The Morgan fingerprint density at radius 2 is 0.741 bits per heavy atom. The van der Waals surface area contributed by atoms with E-state index in [0.717, 1.165) is 174 Å². The van der Waals surface area contributed by atoms with Gasteiger partial charge in [-0.15, -0.1) is 23.2 Å². The molecule has 6 saturated heterocycles. The largest absolute Gasteiger partial charge is 1.00 e. The molecule has 15 aromatic rings. The van der Waals surface area contributed by atoms with Gasteiger partial charge in [0.05, 0.1) is 84.1 Å². The summed E-state index contributed by atoms with van der Waals surface area (Å²) in [7, 11) is 5.00. The number of rotatable bonds is 22. The van der Waals surface area contributed by atoms with E-state index in [4.69, 9.17) is 76.2 Å². The number of aromatic nitrogens is 15. The normalized spacial score (nSPS) is 14.5. The standard InChI is InChI=1S/C22H26ClN5O.C22H25N5O.C20H24N4.C18H19BrN4.C13H9BrClN3.C5H11N.C4H8O2.C3H4Cl2O.CH5N.3CH4.Na.H2O/c1-26(20(29)10-11-23)18-14-19-21(24-15-18)25-22(27-12-6-3-7-13-27)28(19)16-17-8-4-2-5-9-17;1-3-20(28)25(2)18-14-19-21(23-15-18)24-22(26-12-8-5-9-13-26)27(19)16-17-10-6-4-7-11-17;1-2-16-13-18-19(21-14-16)22-20(23-11-7-4-8-12-23)24(18)15-17-9-5-3-6-10-17;19-15-11-16-17(20-12-15)21-18(22-9-5-2-6-10-22)23(16)13-14-7-3-1-4-8-14;14-10-6-11-12(16-7-10)17-13(15)18(11)8-9-4-2-1-3-5-9;1-2-4-6-5-3-1;5-4-2-1-3-6-4;4-2-1-3(5)6;1-2;;;;;/h2,4-5,8-9,14-15H,3,6-7,10-13,16H2,1H3;3-4,6-7,10-11,14-15H,1,5,8-9,12-13,16H2,2H3;3,5-6,9-10,13-14H,2,4,7-8,11-12,15H2,1H3;1,3-4,7-8,11-12H,2,5-6,9-10,13H2;1-7H,8H2;6H,1-5H2;4-5H,1-3H2;1-2H2;2H2,1H3;3*1H4;;1H2/q;;;;;;;;;;;;+1;/p-1. The summed E-state index contributed by atoms with van der Waals surface area (Å²) in [6.45, 7) is 21.2. The number of amides is 2. The average molecular weight is 2220 g/mol. The summed E-state index contributed by atoms with van der Waals surface area (Å²) < 4.78 is 17.7. The molecule has 21 rings (SSSR count). The molecule has 0 spiro atoms. The number of alkyl halides is 2. The molecule has 0 aliphatic carbocycles. The van der Waals surface area contributed by atoms with Crippen LogP contribution in [-0.2, 0) is 58.3 Å². The van der Waals surface area contributed by atoms with Gasteiger partial charge < -0.3 is 78.6 Å². The van der Waals surface area contributed by atoms with Crippen LogP contribution in [0, 0.1) is 0 Å². The van der Waals surface area contributed by atoms with Crippen molar-refractivity contribution in [1.29, 1.82) is 0 Å². The molecule has 1 atom stereocenters. The minimum atomic E-state index is -0.454. The zero-order valence-electron chi connectivity index (χ0n) is 83.2. The summed E-state index contributed by atoms with van der Waals surface area (Å²) in [5.74, 6) is 4.50.